The Bertz CT molecular complexity index is 973. The Morgan fingerprint density at radius 1 is 1.24 bits per heavy atom. The van der Waals surface area contributed by atoms with Crippen molar-refractivity contribution in [1.82, 2.24) is 25.0 Å². The predicted octanol–water partition coefficient (Wildman–Crippen LogP) is 4.34. The molecule has 1 amide bonds. The Labute approximate surface area is 175 Å². The summed E-state index contributed by atoms with van der Waals surface area (Å²) in [5.41, 5.74) is 2.24. The van der Waals surface area contributed by atoms with Gasteiger partial charge in [0, 0.05) is 18.6 Å². The third-order valence-electron chi connectivity index (χ3n) is 5.65. The summed E-state index contributed by atoms with van der Waals surface area (Å²) in [6.45, 7) is 9.25. The number of aromatic nitrogens is 3. The lowest BCUT2D eigenvalue weighted by Crippen LogP contribution is -2.44. The van der Waals surface area contributed by atoms with E-state index in [2.05, 4.69) is 36.1 Å². The molecule has 0 bridgehead atoms. The summed E-state index contributed by atoms with van der Waals surface area (Å²) >= 11 is 1.63. The zero-order chi connectivity index (χ0) is 20.4. The highest BCUT2D eigenvalue weighted by Crippen LogP contribution is 2.29. The molecule has 1 aliphatic rings. The number of carbonyl (C=O) groups is 1. The van der Waals surface area contributed by atoms with E-state index in [9.17, 15) is 4.79 Å². The van der Waals surface area contributed by atoms with Crippen LogP contribution in [0.2, 0.25) is 0 Å². The van der Waals surface area contributed by atoms with Crippen LogP contribution in [0.15, 0.2) is 29.8 Å². The van der Waals surface area contributed by atoms with Gasteiger partial charge in [-0.25, -0.2) is 9.67 Å². The minimum atomic E-state index is -0.0534. The molecule has 4 heterocycles. The summed E-state index contributed by atoms with van der Waals surface area (Å²) in [5, 5.41) is 10.5. The van der Waals surface area contributed by atoms with Gasteiger partial charge in [-0.05, 0) is 64.2 Å². The van der Waals surface area contributed by atoms with Gasteiger partial charge < -0.3 is 5.32 Å². The van der Waals surface area contributed by atoms with E-state index in [1.165, 1.54) is 19.3 Å². The Morgan fingerprint density at radius 2 is 2.03 bits per heavy atom. The quantitative estimate of drug-likeness (QED) is 0.655. The van der Waals surface area contributed by atoms with Crippen molar-refractivity contribution in [1.29, 1.82) is 0 Å². The number of likely N-dealkylation sites (tertiary alicyclic amines) is 1. The molecule has 154 valence electrons. The Morgan fingerprint density at radius 3 is 2.72 bits per heavy atom. The maximum atomic E-state index is 13.2. The van der Waals surface area contributed by atoms with Crippen molar-refractivity contribution in [2.45, 2.75) is 52.1 Å². The van der Waals surface area contributed by atoms with Crippen LogP contribution in [0.1, 0.15) is 56.4 Å². The van der Waals surface area contributed by atoms with E-state index in [0.29, 0.717) is 18.2 Å². The van der Waals surface area contributed by atoms with Crippen molar-refractivity contribution in [2.75, 3.05) is 19.6 Å². The molecule has 6 nitrogen and oxygen atoms in total. The molecule has 1 saturated heterocycles. The van der Waals surface area contributed by atoms with Crippen LogP contribution in [0.4, 0.5) is 0 Å². The first-order chi connectivity index (χ1) is 14.0. The van der Waals surface area contributed by atoms with E-state index in [4.69, 9.17) is 4.98 Å². The van der Waals surface area contributed by atoms with Gasteiger partial charge in [-0.15, -0.1) is 11.3 Å². The van der Waals surface area contributed by atoms with Crippen molar-refractivity contribution >= 4 is 28.3 Å². The van der Waals surface area contributed by atoms with Crippen molar-refractivity contribution in [2.24, 2.45) is 0 Å². The van der Waals surface area contributed by atoms with E-state index in [1.54, 1.807) is 17.5 Å². The van der Waals surface area contributed by atoms with E-state index >= 15 is 0 Å². The van der Waals surface area contributed by atoms with Crippen molar-refractivity contribution in [3.63, 3.8) is 0 Å². The summed E-state index contributed by atoms with van der Waals surface area (Å²) in [5.74, 6) is -0.0534. The lowest BCUT2D eigenvalue weighted by molar-refractivity contribution is 0.0931. The maximum Gasteiger partial charge on any atom is 0.252 e. The molecule has 29 heavy (non-hydrogen) atoms. The summed E-state index contributed by atoms with van der Waals surface area (Å²) < 4.78 is 1.89. The molecule has 4 rings (SSSR count). The van der Waals surface area contributed by atoms with E-state index in [1.807, 2.05) is 28.3 Å². The van der Waals surface area contributed by atoms with Crippen molar-refractivity contribution < 1.29 is 4.79 Å². The number of pyridine rings is 1. The van der Waals surface area contributed by atoms with Gasteiger partial charge in [0.15, 0.2) is 5.65 Å². The third kappa shape index (κ3) is 4.21. The Balaban J connectivity index is 1.62. The van der Waals surface area contributed by atoms with Gasteiger partial charge >= 0.3 is 0 Å². The molecule has 0 aromatic carbocycles. The van der Waals surface area contributed by atoms with Gasteiger partial charge in [-0.3, -0.25) is 9.69 Å². The van der Waals surface area contributed by atoms with Crippen LogP contribution in [0.25, 0.3) is 21.6 Å². The number of hydrogen-bond acceptors (Lipinski definition) is 5. The summed E-state index contributed by atoms with van der Waals surface area (Å²) in [6, 6.07) is 6.46. The molecule has 1 atom stereocenters. The van der Waals surface area contributed by atoms with Crippen LogP contribution >= 0.6 is 11.3 Å². The molecule has 3 aromatic heterocycles. The van der Waals surface area contributed by atoms with Gasteiger partial charge in [-0.1, -0.05) is 12.5 Å². The fourth-order valence-electron chi connectivity index (χ4n) is 3.96. The molecule has 0 aliphatic carbocycles. The third-order valence-corrected chi connectivity index (χ3v) is 6.54. The molecule has 0 spiro atoms. The molecule has 0 saturated carbocycles. The van der Waals surface area contributed by atoms with E-state index in [0.717, 1.165) is 34.7 Å². The van der Waals surface area contributed by atoms with Crippen LogP contribution in [0.5, 0.6) is 0 Å². The van der Waals surface area contributed by atoms with Gasteiger partial charge in [0.25, 0.3) is 5.91 Å². The topological polar surface area (TPSA) is 63.1 Å². The van der Waals surface area contributed by atoms with Gasteiger partial charge in [0.05, 0.1) is 27.7 Å². The standard InChI is InChI=1S/C22H29N5OS/c1-15(2)27-21-18(14-24-27)17(12-19(25-21)20-8-7-11-29-20)22(28)23-13-16(3)26-9-5-4-6-10-26/h7-8,11-12,14-16H,4-6,9-10,13H2,1-3H3,(H,23,28). The lowest BCUT2D eigenvalue weighted by Gasteiger charge is -2.32. The minimum absolute atomic E-state index is 0.0534. The minimum Gasteiger partial charge on any atom is -0.350 e. The number of hydrogen-bond donors (Lipinski definition) is 1. The SMILES string of the molecule is CC(CNC(=O)c1cc(-c2cccs2)nc2c1cnn2C(C)C)N1CCCCC1. The molecule has 1 aliphatic heterocycles. The summed E-state index contributed by atoms with van der Waals surface area (Å²) in [6.07, 6.45) is 5.59. The number of nitrogens with zero attached hydrogens (tertiary/aromatic N) is 4. The second-order valence-electron chi connectivity index (χ2n) is 8.11. The van der Waals surface area contributed by atoms with Crippen LogP contribution in [0.3, 0.4) is 0 Å². The van der Waals surface area contributed by atoms with Crippen molar-refractivity contribution in [3.05, 3.63) is 35.3 Å². The fraction of sp³-hybridized carbons (Fsp3) is 0.500. The van der Waals surface area contributed by atoms with E-state index < -0.39 is 0 Å². The normalized spacial score (nSPS) is 16.4. The highest BCUT2D eigenvalue weighted by molar-refractivity contribution is 7.13. The Kier molecular flexibility index (Phi) is 5.96. The molecular formula is C22H29N5OS. The van der Waals surface area contributed by atoms with Gasteiger partial charge in [-0.2, -0.15) is 5.10 Å². The number of piperidine rings is 1. The Hall–Kier alpha value is -2.25. The molecular weight excluding hydrogens is 382 g/mol. The number of nitrogens with one attached hydrogen (secondary N) is 1. The molecule has 1 unspecified atom stereocenters. The van der Waals surface area contributed by atoms with Crippen LogP contribution in [-0.2, 0) is 0 Å². The monoisotopic (exact) mass is 411 g/mol. The van der Waals surface area contributed by atoms with Crippen LogP contribution in [-0.4, -0.2) is 51.2 Å². The lowest BCUT2D eigenvalue weighted by atomic mass is 10.1. The second-order valence-corrected chi connectivity index (χ2v) is 9.06. The number of rotatable bonds is 6. The predicted molar refractivity (Wildman–Crippen MR) is 118 cm³/mol. The molecule has 3 aromatic rings. The average Bonchev–Trinajstić information content (AvgIpc) is 3.41. The zero-order valence-corrected chi connectivity index (χ0v) is 18.2. The number of thiophene rings is 1. The smallest absolute Gasteiger partial charge is 0.252 e. The second kappa shape index (κ2) is 8.63. The first-order valence-electron chi connectivity index (χ1n) is 10.5. The van der Waals surface area contributed by atoms with Crippen LogP contribution < -0.4 is 5.32 Å². The summed E-state index contributed by atoms with van der Waals surface area (Å²) in [7, 11) is 0. The van der Waals surface area contributed by atoms with Gasteiger partial charge in [0.2, 0.25) is 0 Å². The number of fused-ring (bicyclic) bond motifs is 1. The molecule has 0 radical (unpaired) electrons. The average molecular weight is 412 g/mol. The number of carbonyl (C=O) groups excluding carboxylic acids is 1. The largest absolute Gasteiger partial charge is 0.350 e. The highest BCUT2D eigenvalue weighted by atomic mass is 32.1. The molecule has 7 heteroatoms. The van der Waals surface area contributed by atoms with Crippen LogP contribution in [0, 0.1) is 0 Å². The summed E-state index contributed by atoms with van der Waals surface area (Å²) in [4.78, 5) is 21.5. The molecule has 1 N–H and O–H groups in total. The van der Waals surface area contributed by atoms with Crippen molar-refractivity contribution in [3.8, 4) is 10.6 Å². The van der Waals surface area contributed by atoms with Gasteiger partial charge in [0.1, 0.15) is 0 Å². The zero-order valence-electron chi connectivity index (χ0n) is 17.4. The molecule has 1 fully saturated rings. The van der Waals surface area contributed by atoms with E-state index in [-0.39, 0.29) is 11.9 Å². The highest BCUT2D eigenvalue weighted by Gasteiger charge is 2.21. The number of amides is 1. The fourth-order valence-corrected chi connectivity index (χ4v) is 4.64. The first kappa shape index (κ1) is 20.0. The first-order valence-corrected chi connectivity index (χ1v) is 11.4. The maximum absolute atomic E-state index is 13.2.